The van der Waals surface area contributed by atoms with Crippen LogP contribution in [0.2, 0.25) is 0 Å². The van der Waals surface area contributed by atoms with Crippen LogP contribution in [-0.4, -0.2) is 38.7 Å². The Morgan fingerprint density at radius 2 is 0.660 bits per heavy atom. The maximum Gasteiger partial charge on any atom is 0.164 e. The summed E-state index contributed by atoms with van der Waals surface area (Å²) in [5.74, 6) is 3.67. The van der Waals surface area contributed by atoms with Crippen LogP contribution in [0.25, 0.3) is 220 Å². The van der Waals surface area contributed by atoms with Crippen molar-refractivity contribution < 1.29 is 4.42 Å². The van der Waals surface area contributed by atoms with Crippen LogP contribution in [0.5, 0.6) is 0 Å². The summed E-state index contributed by atoms with van der Waals surface area (Å²) in [6.07, 6.45) is 0. The highest BCUT2D eigenvalue weighted by atomic mass is 32.1. The molecule has 0 aliphatic heterocycles. The van der Waals surface area contributed by atoms with E-state index >= 15 is 0 Å². The molecule has 8 heterocycles. The monoisotopic (exact) mass is 1290 g/mol. The minimum Gasteiger partial charge on any atom is -0.456 e. The predicted octanol–water partition coefficient (Wildman–Crippen LogP) is 23.6. The molecule has 0 aliphatic carbocycles. The fraction of sp³-hybridized carbons (Fsp3) is 0. The van der Waals surface area contributed by atoms with E-state index in [9.17, 15) is 0 Å². The first kappa shape index (κ1) is 54.9. The van der Waals surface area contributed by atoms with E-state index in [2.05, 4.69) is 233 Å². The lowest BCUT2D eigenvalue weighted by Gasteiger charge is -2.11. The van der Waals surface area contributed by atoms with Crippen LogP contribution in [-0.2, 0) is 0 Å². The molecule has 9 nitrogen and oxygen atoms in total. The van der Waals surface area contributed by atoms with Crippen molar-refractivity contribution in [2.45, 2.75) is 0 Å². The number of thiophene rings is 1. The molecule has 0 saturated carbocycles. The number of benzene rings is 14. The molecule has 10 heteroatoms. The number of hydrogen-bond donors (Lipinski definition) is 0. The summed E-state index contributed by atoms with van der Waals surface area (Å²) in [6.45, 7) is 0. The molecule has 22 aromatic rings. The molecule has 0 bridgehead atoms. The zero-order valence-corrected chi connectivity index (χ0v) is 54.1. The average Bonchev–Trinajstić information content (AvgIpc) is 1.53. The zero-order chi connectivity index (χ0) is 65.3. The Kier molecular flexibility index (Phi) is 11.6. The van der Waals surface area contributed by atoms with Crippen LogP contribution in [0.3, 0.4) is 0 Å². The molecule has 0 amide bonds. The summed E-state index contributed by atoms with van der Waals surface area (Å²) in [5, 5.41) is 14.6. The van der Waals surface area contributed by atoms with Crippen molar-refractivity contribution in [3.63, 3.8) is 0 Å². The van der Waals surface area contributed by atoms with E-state index in [1.165, 1.54) is 90.9 Å². The summed E-state index contributed by atoms with van der Waals surface area (Å²) in [4.78, 5) is 31.0. The molecule has 14 aromatic carbocycles. The molecule has 0 unspecified atom stereocenters. The Morgan fingerprint density at radius 3 is 1.30 bits per heavy atom. The van der Waals surface area contributed by atoms with Crippen molar-refractivity contribution in [3.8, 4) is 102 Å². The van der Waals surface area contributed by atoms with Crippen molar-refractivity contribution in [1.82, 2.24) is 38.7 Å². The third-order valence-electron chi connectivity index (χ3n) is 20.5. The van der Waals surface area contributed by atoms with Gasteiger partial charge in [0.15, 0.2) is 34.9 Å². The molecule has 0 atom stereocenters. The fourth-order valence-electron chi connectivity index (χ4n) is 16.1. The van der Waals surface area contributed by atoms with Gasteiger partial charge in [0.05, 0.1) is 38.5 Å². The van der Waals surface area contributed by atoms with Gasteiger partial charge in [0.1, 0.15) is 11.2 Å². The molecule has 8 aromatic heterocycles. The fourth-order valence-corrected chi connectivity index (χ4v) is 17.3. The van der Waals surface area contributed by atoms with Crippen molar-refractivity contribution in [1.29, 1.82) is 0 Å². The first-order chi connectivity index (χ1) is 49.6. The Bertz CT molecular complexity index is 7080. The number of furan rings is 1. The normalized spacial score (nSPS) is 12.2. The van der Waals surface area contributed by atoms with E-state index < -0.39 is 0 Å². The molecule has 0 saturated heterocycles. The topological polar surface area (TPSA) is 99.3 Å². The minimum atomic E-state index is 0.601. The molecule has 462 valence electrons. The van der Waals surface area contributed by atoms with Crippen LogP contribution in [0.4, 0.5) is 0 Å². The van der Waals surface area contributed by atoms with Crippen molar-refractivity contribution in [2.75, 3.05) is 0 Å². The molecule has 22 rings (SSSR count). The van der Waals surface area contributed by atoms with Gasteiger partial charge in [0, 0.05) is 102 Å². The van der Waals surface area contributed by atoms with Gasteiger partial charge < -0.3 is 13.2 Å². The molecule has 100 heavy (non-hydrogen) atoms. The highest BCUT2D eigenvalue weighted by Crippen LogP contribution is 2.51. The Labute approximate surface area is 574 Å². The standard InChI is InChI=1S/C90H50N8OS/c1-4-19-52(20-5-1)85-91-86(53-21-6-2-7-22-53)94-89(93-85)59-27-14-25-57(47-59)61-31-17-37-73-77(61)80-74(99-73)46-44-66-64-33-16-34-65-68-49-56(43-45-72(68)98(82(64)65)83(66)80)51-39-41-55(42-40-51)88-92-87(54-23-8-3-9-24-54)95-90(96-88)60-28-15-26-58(48-60)62-32-18-38-75-78(62)81-76(100-75)50-69-63-29-10-12-35-70(63)97-71-36-13-11-30-67(71)79(81)84(69)97/h1-50H. The van der Waals surface area contributed by atoms with Crippen LogP contribution in [0, 0.1) is 0 Å². The Hall–Kier alpha value is -13.3. The Morgan fingerprint density at radius 1 is 0.220 bits per heavy atom. The van der Waals surface area contributed by atoms with Crippen LogP contribution in [0.1, 0.15) is 0 Å². The highest BCUT2D eigenvalue weighted by molar-refractivity contribution is 7.26. The van der Waals surface area contributed by atoms with E-state index in [1.54, 1.807) is 0 Å². The SMILES string of the molecule is c1ccc(-c2nc(-c3ccc(-c4ccc5c(c4)c4cccc6c7ccc8oc9cccc(-c%10cccc(-c%11nc(-c%12ccccc%12)nc(-c%12ccccc%12)n%11)c%10)c9c8c7n5c46)cc3)nc(-c3cccc(-c4cccc5sc6cc7c8ccccc8n8c9ccccc9c(c6c45)c78)c3)n2)cc1. The number of aromatic nitrogens is 8. The van der Waals surface area contributed by atoms with Crippen LogP contribution in [0.15, 0.2) is 308 Å². The lowest BCUT2D eigenvalue weighted by Crippen LogP contribution is -2.00. The quantitative estimate of drug-likeness (QED) is 0.142. The minimum absolute atomic E-state index is 0.601. The zero-order valence-electron chi connectivity index (χ0n) is 53.3. The van der Waals surface area contributed by atoms with E-state index in [0.29, 0.717) is 34.9 Å². The second kappa shape index (κ2) is 21.1. The molecule has 0 fully saturated rings. The lowest BCUT2D eigenvalue weighted by molar-refractivity contribution is 0.669. The first-order valence-corrected chi connectivity index (χ1v) is 34.5. The summed E-state index contributed by atoms with van der Waals surface area (Å²) in [5.41, 5.74) is 20.9. The van der Waals surface area contributed by atoms with Crippen molar-refractivity contribution >= 4 is 130 Å². The summed E-state index contributed by atoms with van der Waals surface area (Å²) in [6, 6.07) is 108. The van der Waals surface area contributed by atoms with Gasteiger partial charge in [0.2, 0.25) is 0 Å². The van der Waals surface area contributed by atoms with Gasteiger partial charge in [-0.3, -0.25) is 0 Å². The van der Waals surface area contributed by atoms with E-state index in [4.69, 9.17) is 34.3 Å². The maximum absolute atomic E-state index is 6.86. The molecular formula is C90H50N8OS. The van der Waals surface area contributed by atoms with Gasteiger partial charge in [0.25, 0.3) is 0 Å². The van der Waals surface area contributed by atoms with Crippen molar-refractivity contribution in [2.24, 2.45) is 0 Å². The lowest BCUT2D eigenvalue weighted by atomic mass is 9.95. The molecule has 0 N–H and O–H groups in total. The first-order valence-electron chi connectivity index (χ1n) is 33.7. The number of para-hydroxylation sites is 3. The summed E-state index contributed by atoms with van der Waals surface area (Å²) in [7, 11) is 0. The smallest absolute Gasteiger partial charge is 0.164 e. The third kappa shape index (κ3) is 8.10. The van der Waals surface area contributed by atoms with E-state index in [0.717, 1.165) is 94.2 Å². The largest absolute Gasteiger partial charge is 0.456 e. The second-order valence-electron chi connectivity index (χ2n) is 26.0. The number of nitrogens with zero attached hydrogens (tertiary/aromatic N) is 8. The number of hydrogen-bond acceptors (Lipinski definition) is 8. The van der Waals surface area contributed by atoms with Gasteiger partial charge in [-0.2, -0.15) is 0 Å². The number of fused-ring (bicyclic) bond motifs is 20. The predicted molar refractivity (Wildman–Crippen MR) is 412 cm³/mol. The van der Waals surface area contributed by atoms with E-state index in [1.807, 2.05) is 90.2 Å². The number of rotatable bonds is 9. The van der Waals surface area contributed by atoms with Gasteiger partial charge in [-0.05, 0) is 100 Å². The second-order valence-corrected chi connectivity index (χ2v) is 27.1. The average molecular weight is 1290 g/mol. The Balaban J connectivity index is 0.641. The van der Waals surface area contributed by atoms with Gasteiger partial charge >= 0.3 is 0 Å². The van der Waals surface area contributed by atoms with Gasteiger partial charge in [-0.1, -0.05) is 237 Å². The molecule has 0 aliphatic rings. The summed E-state index contributed by atoms with van der Waals surface area (Å²) >= 11 is 1.88. The third-order valence-corrected chi connectivity index (χ3v) is 21.6. The van der Waals surface area contributed by atoms with Crippen LogP contribution < -0.4 is 0 Å². The van der Waals surface area contributed by atoms with Crippen LogP contribution >= 0.6 is 11.3 Å². The molecule has 0 radical (unpaired) electrons. The maximum atomic E-state index is 6.86. The van der Waals surface area contributed by atoms with E-state index in [-0.39, 0.29) is 0 Å². The van der Waals surface area contributed by atoms with Gasteiger partial charge in [-0.15, -0.1) is 11.3 Å². The van der Waals surface area contributed by atoms with Gasteiger partial charge in [-0.25, -0.2) is 29.9 Å². The summed E-state index contributed by atoms with van der Waals surface area (Å²) < 4.78 is 14.4. The highest BCUT2D eigenvalue weighted by Gasteiger charge is 2.27. The molecule has 0 spiro atoms. The molecular weight excluding hydrogens is 1240 g/mol. The van der Waals surface area contributed by atoms with Crippen molar-refractivity contribution in [3.05, 3.63) is 303 Å².